The fraction of sp³-hybridized carbons (Fsp3) is 0.567. The van der Waals surface area contributed by atoms with Gasteiger partial charge in [-0.15, -0.1) is 0 Å². The van der Waals surface area contributed by atoms with Crippen LogP contribution in [0.5, 0.6) is 5.75 Å². The molecule has 35 heavy (non-hydrogen) atoms. The quantitative estimate of drug-likeness (QED) is 0.479. The smallest absolute Gasteiger partial charge is 0.321 e. The number of benzene rings is 2. The van der Waals surface area contributed by atoms with Crippen LogP contribution in [0.4, 0.5) is 10.5 Å². The Morgan fingerprint density at radius 3 is 2.17 bits per heavy atom. The summed E-state index contributed by atoms with van der Waals surface area (Å²) in [6.45, 7) is 14.4. The van der Waals surface area contributed by atoms with Gasteiger partial charge in [-0.25, -0.2) is 4.79 Å². The molecule has 0 bridgehead atoms. The molecule has 2 aromatic rings. The number of piperidine rings is 2. The second kappa shape index (κ2) is 11.5. The number of nitrogens with one attached hydrogen (secondary N) is 1. The van der Waals surface area contributed by atoms with Crippen molar-refractivity contribution in [3.05, 3.63) is 59.7 Å². The van der Waals surface area contributed by atoms with E-state index in [4.69, 9.17) is 4.74 Å². The van der Waals surface area contributed by atoms with Crippen LogP contribution in [0.15, 0.2) is 48.5 Å². The average molecular weight is 478 g/mol. The van der Waals surface area contributed by atoms with Gasteiger partial charge < -0.3 is 15.0 Å². The first-order chi connectivity index (χ1) is 16.8. The van der Waals surface area contributed by atoms with E-state index in [1.54, 1.807) is 0 Å². The van der Waals surface area contributed by atoms with Crippen molar-refractivity contribution in [2.24, 2.45) is 11.3 Å². The monoisotopic (exact) mass is 477 g/mol. The number of rotatable bonds is 7. The Balaban J connectivity index is 1.24. The van der Waals surface area contributed by atoms with E-state index in [0.717, 1.165) is 63.6 Å². The topological polar surface area (TPSA) is 44.8 Å². The van der Waals surface area contributed by atoms with Gasteiger partial charge in [-0.3, -0.25) is 4.90 Å². The Morgan fingerprint density at radius 1 is 0.914 bits per heavy atom. The molecule has 0 unspecified atom stereocenters. The molecule has 2 saturated heterocycles. The van der Waals surface area contributed by atoms with Crippen LogP contribution in [0, 0.1) is 11.3 Å². The van der Waals surface area contributed by atoms with Crippen molar-refractivity contribution in [1.29, 1.82) is 0 Å². The summed E-state index contributed by atoms with van der Waals surface area (Å²) in [5.41, 5.74) is 3.85. The lowest BCUT2D eigenvalue weighted by atomic mass is 9.71. The SMILES string of the molecule is CC(C)COc1ccccc1CN1CCC2(CC1)CCN(C(=O)Nc1ccc(C(C)C)cc1)CC2. The lowest BCUT2D eigenvalue weighted by Crippen LogP contribution is -2.49. The maximum absolute atomic E-state index is 12.8. The number of urea groups is 1. The number of nitrogens with zero attached hydrogens (tertiary/aromatic N) is 2. The van der Waals surface area contributed by atoms with E-state index in [9.17, 15) is 4.79 Å². The number of para-hydroxylation sites is 1. The van der Waals surface area contributed by atoms with E-state index in [0.29, 0.717) is 17.3 Å². The maximum Gasteiger partial charge on any atom is 0.321 e. The molecular formula is C30H43N3O2. The zero-order valence-corrected chi connectivity index (χ0v) is 22.1. The van der Waals surface area contributed by atoms with Crippen molar-refractivity contribution in [3.8, 4) is 5.75 Å². The van der Waals surface area contributed by atoms with Gasteiger partial charge in [0.1, 0.15) is 5.75 Å². The number of hydrogen-bond acceptors (Lipinski definition) is 3. The van der Waals surface area contributed by atoms with Gasteiger partial charge in [-0.2, -0.15) is 0 Å². The van der Waals surface area contributed by atoms with Crippen LogP contribution in [-0.4, -0.2) is 48.6 Å². The minimum Gasteiger partial charge on any atom is -0.493 e. The molecule has 0 aliphatic carbocycles. The van der Waals surface area contributed by atoms with E-state index in [2.05, 4.69) is 74.3 Å². The summed E-state index contributed by atoms with van der Waals surface area (Å²) >= 11 is 0. The normalized spacial score (nSPS) is 18.3. The molecule has 0 radical (unpaired) electrons. The number of carbonyl (C=O) groups excluding carboxylic acids is 1. The van der Waals surface area contributed by atoms with Gasteiger partial charge in [0.05, 0.1) is 6.61 Å². The lowest BCUT2D eigenvalue weighted by molar-refractivity contribution is 0.0439. The summed E-state index contributed by atoms with van der Waals surface area (Å²) in [7, 11) is 0. The number of hydrogen-bond donors (Lipinski definition) is 1. The van der Waals surface area contributed by atoms with Gasteiger partial charge in [0.15, 0.2) is 0 Å². The number of ether oxygens (including phenoxy) is 1. The first-order valence-corrected chi connectivity index (χ1v) is 13.4. The minimum absolute atomic E-state index is 0.0348. The zero-order chi connectivity index (χ0) is 24.8. The molecular weight excluding hydrogens is 434 g/mol. The Hall–Kier alpha value is -2.53. The fourth-order valence-electron chi connectivity index (χ4n) is 5.30. The van der Waals surface area contributed by atoms with Crippen LogP contribution in [0.25, 0.3) is 0 Å². The van der Waals surface area contributed by atoms with Gasteiger partial charge in [0.25, 0.3) is 0 Å². The van der Waals surface area contributed by atoms with E-state index < -0.39 is 0 Å². The molecule has 2 amide bonds. The molecule has 2 aliphatic rings. The van der Waals surface area contributed by atoms with E-state index in [1.807, 2.05) is 17.0 Å². The third-order valence-electron chi connectivity index (χ3n) is 7.80. The van der Waals surface area contributed by atoms with Gasteiger partial charge in [0.2, 0.25) is 0 Å². The highest BCUT2D eigenvalue weighted by atomic mass is 16.5. The predicted molar refractivity (Wildman–Crippen MR) is 144 cm³/mol. The summed E-state index contributed by atoms with van der Waals surface area (Å²) in [5, 5.41) is 3.09. The summed E-state index contributed by atoms with van der Waals surface area (Å²) < 4.78 is 6.07. The first-order valence-electron chi connectivity index (χ1n) is 13.4. The van der Waals surface area contributed by atoms with E-state index in [-0.39, 0.29) is 6.03 Å². The number of likely N-dealkylation sites (tertiary alicyclic amines) is 2. The molecule has 5 heteroatoms. The Bertz CT molecular complexity index is 952. The van der Waals surface area contributed by atoms with Crippen molar-refractivity contribution in [3.63, 3.8) is 0 Å². The highest BCUT2D eigenvalue weighted by Crippen LogP contribution is 2.41. The van der Waals surface area contributed by atoms with Gasteiger partial charge >= 0.3 is 6.03 Å². The van der Waals surface area contributed by atoms with E-state index >= 15 is 0 Å². The summed E-state index contributed by atoms with van der Waals surface area (Å²) in [5.74, 6) is 2.05. The first kappa shape index (κ1) is 25.6. The molecule has 0 atom stereocenters. The van der Waals surface area contributed by atoms with Crippen LogP contribution < -0.4 is 10.1 Å². The molecule has 190 valence electrons. The molecule has 2 aromatic carbocycles. The predicted octanol–water partition coefficient (Wildman–Crippen LogP) is 6.75. The molecule has 2 heterocycles. The summed E-state index contributed by atoms with van der Waals surface area (Å²) in [6, 6.07) is 16.8. The van der Waals surface area contributed by atoms with Gasteiger partial charge in [-0.1, -0.05) is 58.0 Å². The van der Waals surface area contributed by atoms with Crippen LogP contribution >= 0.6 is 0 Å². The van der Waals surface area contributed by atoms with E-state index in [1.165, 1.54) is 24.0 Å². The van der Waals surface area contributed by atoms with Crippen molar-refractivity contribution >= 4 is 11.7 Å². The Labute approximate surface area is 211 Å². The highest BCUT2D eigenvalue weighted by Gasteiger charge is 2.38. The molecule has 4 rings (SSSR count). The second-order valence-electron chi connectivity index (χ2n) is 11.3. The Kier molecular flexibility index (Phi) is 8.38. The molecule has 1 spiro atoms. The summed E-state index contributed by atoms with van der Waals surface area (Å²) in [6.07, 6.45) is 4.64. The lowest BCUT2D eigenvalue weighted by Gasteiger charge is -2.47. The van der Waals surface area contributed by atoms with Gasteiger partial charge in [0, 0.05) is 30.9 Å². The Morgan fingerprint density at radius 2 is 1.54 bits per heavy atom. The minimum atomic E-state index is 0.0348. The highest BCUT2D eigenvalue weighted by molar-refractivity contribution is 5.89. The molecule has 5 nitrogen and oxygen atoms in total. The molecule has 1 N–H and O–H groups in total. The average Bonchev–Trinajstić information content (AvgIpc) is 2.86. The largest absolute Gasteiger partial charge is 0.493 e. The van der Waals surface area contributed by atoms with Crippen LogP contribution in [-0.2, 0) is 6.54 Å². The molecule has 0 aromatic heterocycles. The number of carbonyl (C=O) groups is 1. The second-order valence-corrected chi connectivity index (χ2v) is 11.3. The summed E-state index contributed by atoms with van der Waals surface area (Å²) in [4.78, 5) is 17.4. The molecule has 2 fully saturated rings. The van der Waals surface area contributed by atoms with Crippen molar-refractivity contribution in [1.82, 2.24) is 9.80 Å². The van der Waals surface area contributed by atoms with Crippen LogP contribution in [0.2, 0.25) is 0 Å². The molecule has 0 saturated carbocycles. The van der Waals surface area contributed by atoms with Crippen molar-refractivity contribution < 1.29 is 9.53 Å². The number of amides is 2. The third kappa shape index (κ3) is 6.78. The standard InChI is InChI=1S/C30H43N3O2/c1-23(2)22-35-28-8-6-5-7-26(28)21-32-17-13-30(14-18-32)15-19-33(20-16-30)29(34)31-27-11-9-25(10-12-27)24(3)4/h5-12,23-24H,13-22H2,1-4H3,(H,31,34). The molecule has 2 aliphatic heterocycles. The third-order valence-corrected chi connectivity index (χ3v) is 7.80. The van der Waals surface area contributed by atoms with Crippen molar-refractivity contribution in [2.45, 2.75) is 65.8 Å². The van der Waals surface area contributed by atoms with Crippen molar-refractivity contribution in [2.75, 3.05) is 38.1 Å². The van der Waals surface area contributed by atoms with Crippen LogP contribution in [0.1, 0.15) is 70.4 Å². The van der Waals surface area contributed by atoms with Crippen LogP contribution in [0.3, 0.4) is 0 Å². The van der Waals surface area contributed by atoms with Gasteiger partial charge in [-0.05, 0) is 79.8 Å². The number of anilines is 1. The zero-order valence-electron chi connectivity index (χ0n) is 22.1. The maximum atomic E-state index is 12.8. The fourth-order valence-corrected chi connectivity index (χ4v) is 5.30.